The maximum Gasteiger partial charge on any atom is 0.111 e. The fourth-order valence-electron chi connectivity index (χ4n) is 0. The van der Waals surface area contributed by atoms with Gasteiger partial charge in [-0.05, 0) is 6.32 Å². The van der Waals surface area contributed by atoms with Crippen molar-refractivity contribution in [2.75, 3.05) is 0 Å². The van der Waals surface area contributed by atoms with Crippen LogP contribution in [0.5, 0.6) is 0 Å². The molecule has 1 nitrogen and oxygen atoms in total. The van der Waals surface area contributed by atoms with Crippen molar-refractivity contribution < 1.29 is 37.5 Å². The van der Waals surface area contributed by atoms with Crippen LogP contribution in [0.2, 0.25) is 6.32 Å². The molecule has 0 aromatic heterocycles. The van der Waals surface area contributed by atoms with Crippen molar-refractivity contribution in [1.29, 1.82) is 0 Å². The van der Waals surface area contributed by atoms with Gasteiger partial charge in [0.25, 0.3) is 0 Å². The molecule has 0 rings (SSSR count). The van der Waals surface area contributed by atoms with Crippen LogP contribution in [0.3, 0.4) is 0 Å². The van der Waals surface area contributed by atoms with Gasteiger partial charge >= 0.3 is 0 Å². The monoisotopic (exact) mass is 158 g/mol. The Morgan fingerprint density at radius 2 is 1.83 bits per heavy atom. The Labute approximate surface area is 65.2 Å². The fraction of sp³-hybridized carbons (Fsp3) is 0.333. The van der Waals surface area contributed by atoms with E-state index in [1.165, 1.54) is 0 Å². The topological polar surface area (TPSA) is 17.1 Å². The second kappa shape index (κ2) is 17.0. The summed E-state index contributed by atoms with van der Waals surface area (Å²) in [5.41, 5.74) is 0. The smallest absolute Gasteiger partial charge is 0.111 e. The number of carbonyl (C=O) groups excluding carboxylic acids is 1. The van der Waals surface area contributed by atoms with Crippen LogP contribution in [-0.2, 0) is 37.5 Å². The van der Waals surface area contributed by atoms with Crippen LogP contribution in [-0.4, -0.2) is 14.1 Å². The van der Waals surface area contributed by atoms with E-state index in [2.05, 4.69) is 7.85 Å². The summed E-state index contributed by atoms with van der Waals surface area (Å²) in [7, 11) is 4.66. The van der Waals surface area contributed by atoms with Gasteiger partial charge in [0.2, 0.25) is 0 Å². The fourth-order valence-corrected chi connectivity index (χ4v) is 0. The molecular formula is C3H6BOY-. The summed E-state index contributed by atoms with van der Waals surface area (Å²) in [5, 5.41) is 0. The molecule has 0 aliphatic heterocycles. The van der Waals surface area contributed by atoms with E-state index in [1.807, 2.05) is 0 Å². The van der Waals surface area contributed by atoms with Crippen molar-refractivity contribution in [2.24, 2.45) is 0 Å². The first-order chi connectivity index (χ1) is 1.91. The van der Waals surface area contributed by atoms with Gasteiger partial charge in [0.15, 0.2) is 0 Å². The molecule has 6 heavy (non-hydrogen) atoms. The van der Waals surface area contributed by atoms with E-state index in [0.29, 0.717) is 6.29 Å². The summed E-state index contributed by atoms with van der Waals surface area (Å²) in [6, 6.07) is 0. The van der Waals surface area contributed by atoms with E-state index < -0.39 is 0 Å². The van der Waals surface area contributed by atoms with Crippen LogP contribution in [0.25, 0.3) is 0 Å². The predicted octanol–water partition coefficient (Wildman–Crippen LogP) is 0.220. The molecule has 0 N–H and O–H groups in total. The molecule has 0 heterocycles. The Morgan fingerprint density at radius 3 is 1.83 bits per heavy atom. The average molecular weight is 158 g/mol. The number of rotatable bonds is 1. The first-order valence-electron chi connectivity index (χ1n) is 1.05. The van der Waals surface area contributed by atoms with E-state index in [4.69, 9.17) is 4.79 Å². The van der Waals surface area contributed by atoms with Gasteiger partial charge in [-0.3, -0.25) is 0 Å². The molecule has 0 aromatic rings. The van der Waals surface area contributed by atoms with E-state index in [0.717, 1.165) is 0 Å². The summed E-state index contributed by atoms with van der Waals surface area (Å²) in [6.45, 7) is 0. The second-order valence-electron chi connectivity index (χ2n) is 0.402. The molecule has 0 saturated carbocycles. The van der Waals surface area contributed by atoms with Gasteiger partial charge in [-0.2, -0.15) is 0 Å². The van der Waals surface area contributed by atoms with Gasteiger partial charge in [-0.15, -0.1) is 0 Å². The molecule has 3 heteroatoms. The third-order valence-corrected chi connectivity index (χ3v) is 0.0962. The minimum Gasteiger partial charge on any atom is -0.358 e. The zero-order chi connectivity index (χ0) is 3.41. The molecule has 0 saturated heterocycles. The van der Waals surface area contributed by atoms with Gasteiger partial charge in [-0.1, -0.05) is 0 Å². The van der Waals surface area contributed by atoms with Gasteiger partial charge in [0.05, 0.1) is 7.85 Å². The molecular weight excluding hydrogens is 152 g/mol. The van der Waals surface area contributed by atoms with Gasteiger partial charge in [0, 0.05) is 32.7 Å². The first-order valence-corrected chi connectivity index (χ1v) is 1.05. The molecule has 0 aliphatic rings. The molecule has 0 aliphatic carbocycles. The van der Waals surface area contributed by atoms with Crippen LogP contribution in [0.15, 0.2) is 0 Å². The zero-order valence-electron chi connectivity index (χ0n) is 3.85. The molecule has 0 fully saturated rings. The largest absolute Gasteiger partial charge is 0.358 e. The Bertz CT molecular complexity index is 24.8. The van der Waals surface area contributed by atoms with Crippen LogP contribution in [0.1, 0.15) is 0 Å². The Balaban J connectivity index is -0.0000000450. The molecule has 0 bridgehead atoms. The van der Waals surface area contributed by atoms with Crippen molar-refractivity contribution >= 4 is 14.1 Å². The van der Waals surface area contributed by atoms with Gasteiger partial charge < -0.3 is 12.2 Å². The molecule has 0 spiro atoms. The maximum atomic E-state index is 9.05. The number of hydrogen-bond acceptors (Lipinski definition) is 1. The first kappa shape index (κ1) is 15.8. The Kier molecular flexibility index (Phi) is 44.7. The third-order valence-electron chi connectivity index (χ3n) is 0.0962. The zero-order valence-corrected chi connectivity index (χ0v) is 6.69. The van der Waals surface area contributed by atoms with E-state index in [1.54, 1.807) is 0 Å². The minimum atomic E-state index is 0. The van der Waals surface area contributed by atoms with E-state index in [9.17, 15) is 0 Å². The summed E-state index contributed by atoms with van der Waals surface area (Å²) in [4.78, 5) is 9.05. The number of hydrogen-bond donors (Lipinski definition) is 0. The second-order valence-corrected chi connectivity index (χ2v) is 0.402. The van der Waals surface area contributed by atoms with Crippen LogP contribution < -0.4 is 0 Å². The van der Waals surface area contributed by atoms with Crippen molar-refractivity contribution in [1.82, 2.24) is 0 Å². The quantitative estimate of drug-likeness (QED) is 0.303. The third kappa shape index (κ3) is 21.1. The van der Waals surface area contributed by atoms with Crippen molar-refractivity contribution in [3.63, 3.8) is 0 Å². The molecule has 0 aromatic carbocycles. The summed E-state index contributed by atoms with van der Waals surface area (Å²) >= 11 is 0. The van der Waals surface area contributed by atoms with Crippen LogP contribution in [0.4, 0.5) is 0 Å². The van der Waals surface area contributed by atoms with Gasteiger partial charge in [-0.25, -0.2) is 0 Å². The minimum absolute atomic E-state index is 0. The molecule has 3 radical (unpaired) electrons. The normalized spacial score (nSPS) is 4.00. The van der Waals surface area contributed by atoms with E-state index in [-0.39, 0.29) is 46.5 Å². The van der Waals surface area contributed by atoms with Gasteiger partial charge in [0.1, 0.15) is 6.29 Å². The van der Waals surface area contributed by atoms with Crippen LogP contribution >= 0.6 is 0 Å². The summed E-state index contributed by atoms with van der Waals surface area (Å²) < 4.78 is 0. The molecule has 0 unspecified atom stereocenters. The van der Waals surface area contributed by atoms with Crippen molar-refractivity contribution in [3.8, 4) is 0 Å². The average Bonchev–Trinajstić information content (AvgIpc) is 1.37. The van der Waals surface area contributed by atoms with Crippen molar-refractivity contribution in [2.45, 2.75) is 6.32 Å². The molecule has 0 amide bonds. The Morgan fingerprint density at radius 1 is 1.67 bits per heavy atom. The van der Waals surface area contributed by atoms with E-state index >= 15 is 0 Å². The summed E-state index contributed by atoms with van der Waals surface area (Å²) in [5.74, 6) is 0. The van der Waals surface area contributed by atoms with Crippen LogP contribution in [0, 0.1) is 7.43 Å². The number of carbonyl (C=O) groups is 1. The standard InChI is InChI=1S/C2H3BO.CH3.Y/c3-1-2-4;;/h2H,1H2;1H3;/q;-1;. The molecule has 31 valence electrons. The SMILES string of the molecule is [B]CC=O.[CH3-].[Y]. The predicted molar refractivity (Wildman–Crippen MR) is 23.0 cm³/mol. The summed E-state index contributed by atoms with van der Waals surface area (Å²) in [6.07, 6.45) is 0.792. The number of aldehydes is 1. The van der Waals surface area contributed by atoms with Crippen molar-refractivity contribution in [3.05, 3.63) is 7.43 Å². The maximum absolute atomic E-state index is 9.05. The Hall–Kier alpha value is 0.839. The molecule has 0 atom stereocenters.